The molecule has 6 nitrogen and oxygen atoms in total. The van der Waals surface area contributed by atoms with E-state index in [2.05, 4.69) is 30.4 Å². The van der Waals surface area contributed by atoms with Crippen LogP contribution in [0.2, 0.25) is 5.02 Å². The SMILES string of the molecule is CNCC(c1nccnn1)N(C)c1ccnc2cc(Cl)ccc12. The molecule has 0 spiro atoms. The average molecular weight is 329 g/mol. The van der Waals surface area contributed by atoms with Crippen molar-refractivity contribution in [3.05, 3.63) is 53.7 Å². The summed E-state index contributed by atoms with van der Waals surface area (Å²) in [6.07, 6.45) is 5.01. The van der Waals surface area contributed by atoms with Gasteiger partial charge in [0.25, 0.3) is 0 Å². The molecule has 0 aliphatic rings. The molecule has 1 atom stereocenters. The van der Waals surface area contributed by atoms with Gasteiger partial charge < -0.3 is 10.2 Å². The van der Waals surface area contributed by atoms with Crippen LogP contribution in [0.3, 0.4) is 0 Å². The lowest BCUT2D eigenvalue weighted by molar-refractivity contribution is 0.576. The molecule has 0 radical (unpaired) electrons. The largest absolute Gasteiger partial charge is 0.362 e. The number of anilines is 1. The molecular weight excluding hydrogens is 312 g/mol. The second-order valence-corrected chi connectivity index (χ2v) is 5.61. The first-order valence-corrected chi connectivity index (χ1v) is 7.64. The van der Waals surface area contributed by atoms with Gasteiger partial charge in [0.1, 0.15) is 6.04 Å². The molecule has 2 heterocycles. The van der Waals surface area contributed by atoms with Gasteiger partial charge in [0.15, 0.2) is 5.82 Å². The van der Waals surface area contributed by atoms with Gasteiger partial charge in [0.05, 0.1) is 11.7 Å². The van der Waals surface area contributed by atoms with Crippen LogP contribution in [-0.4, -0.2) is 40.8 Å². The summed E-state index contributed by atoms with van der Waals surface area (Å²) in [5.74, 6) is 0.670. The molecule has 118 valence electrons. The Bertz CT molecular complexity index is 795. The van der Waals surface area contributed by atoms with Crippen LogP contribution in [0, 0.1) is 0 Å². The minimum atomic E-state index is -0.0463. The summed E-state index contributed by atoms with van der Waals surface area (Å²) < 4.78 is 0. The van der Waals surface area contributed by atoms with Crippen LogP contribution in [0.5, 0.6) is 0 Å². The smallest absolute Gasteiger partial charge is 0.174 e. The number of nitrogens with zero attached hydrogens (tertiary/aromatic N) is 5. The number of likely N-dealkylation sites (N-methyl/N-ethyl adjacent to an activating group) is 2. The first-order chi connectivity index (χ1) is 11.2. The minimum Gasteiger partial charge on any atom is -0.362 e. The topological polar surface area (TPSA) is 66.8 Å². The molecular formula is C16H17ClN6. The van der Waals surface area contributed by atoms with Crippen molar-refractivity contribution in [1.82, 2.24) is 25.5 Å². The number of rotatable bonds is 5. The summed E-state index contributed by atoms with van der Waals surface area (Å²) in [5, 5.41) is 13.0. The van der Waals surface area contributed by atoms with Crippen molar-refractivity contribution in [2.24, 2.45) is 0 Å². The molecule has 0 amide bonds. The Balaban J connectivity index is 2.05. The first-order valence-electron chi connectivity index (χ1n) is 7.26. The highest BCUT2D eigenvalue weighted by Crippen LogP contribution is 2.30. The van der Waals surface area contributed by atoms with E-state index in [1.54, 1.807) is 18.6 Å². The summed E-state index contributed by atoms with van der Waals surface area (Å²) in [4.78, 5) is 10.9. The van der Waals surface area contributed by atoms with Gasteiger partial charge in [-0.1, -0.05) is 11.6 Å². The number of nitrogens with one attached hydrogen (secondary N) is 1. The molecule has 1 aromatic carbocycles. The Hall–Kier alpha value is -2.31. The van der Waals surface area contributed by atoms with Crippen LogP contribution in [0.1, 0.15) is 11.9 Å². The van der Waals surface area contributed by atoms with E-state index in [9.17, 15) is 0 Å². The highest BCUT2D eigenvalue weighted by Gasteiger charge is 2.21. The minimum absolute atomic E-state index is 0.0463. The highest BCUT2D eigenvalue weighted by molar-refractivity contribution is 6.31. The second-order valence-electron chi connectivity index (χ2n) is 5.18. The zero-order valence-electron chi connectivity index (χ0n) is 12.9. The summed E-state index contributed by atoms with van der Waals surface area (Å²) in [6, 6.07) is 7.65. The van der Waals surface area contributed by atoms with Gasteiger partial charge in [-0.15, -0.1) is 5.10 Å². The number of hydrogen-bond donors (Lipinski definition) is 1. The third-order valence-electron chi connectivity index (χ3n) is 3.73. The maximum atomic E-state index is 6.07. The first kappa shape index (κ1) is 15.6. The van der Waals surface area contributed by atoms with Gasteiger partial charge in [-0.2, -0.15) is 5.10 Å². The average Bonchev–Trinajstić information content (AvgIpc) is 2.59. The van der Waals surface area contributed by atoms with Gasteiger partial charge >= 0.3 is 0 Å². The third kappa shape index (κ3) is 3.23. The molecule has 0 bridgehead atoms. The summed E-state index contributed by atoms with van der Waals surface area (Å²) in [7, 11) is 3.92. The number of pyridine rings is 1. The van der Waals surface area contributed by atoms with Crippen molar-refractivity contribution in [2.45, 2.75) is 6.04 Å². The lowest BCUT2D eigenvalue weighted by Crippen LogP contribution is -2.33. The van der Waals surface area contributed by atoms with E-state index in [0.717, 1.165) is 16.6 Å². The van der Waals surface area contributed by atoms with Gasteiger partial charge in [-0.25, -0.2) is 4.98 Å². The van der Waals surface area contributed by atoms with Gasteiger partial charge in [0, 0.05) is 42.1 Å². The molecule has 1 unspecified atom stereocenters. The summed E-state index contributed by atoms with van der Waals surface area (Å²) in [5.41, 5.74) is 1.90. The zero-order valence-corrected chi connectivity index (χ0v) is 13.7. The Morgan fingerprint density at radius 3 is 2.78 bits per heavy atom. The van der Waals surface area contributed by atoms with Crippen molar-refractivity contribution in [3.63, 3.8) is 0 Å². The lowest BCUT2D eigenvalue weighted by atomic mass is 10.1. The van der Waals surface area contributed by atoms with Crippen molar-refractivity contribution >= 4 is 28.2 Å². The predicted octanol–water partition coefficient (Wildman–Crippen LogP) is 2.47. The maximum absolute atomic E-state index is 6.07. The van der Waals surface area contributed by atoms with E-state index in [1.165, 1.54) is 0 Å². The Kier molecular flexibility index (Phi) is 4.64. The third-order valence-corrected chi connectivity index (χ3v) is 3.96. The fourth-order valence-electron chi connectivity index (χ4n) is 2.59. The maximum Gasteiger partial charge on any atom is 0.174 e. The Labute approximate surface area is 139 Å². The van der Waals surface area contributed by atoms with Crippen molar-refractivity contribution < 1.29 is 0 Å². The molecule has 3 rings (SSSR count). The lowest BCUT2D eigenvalue weighted by Gasteiger charge is -2.29. The van der Waals surface area contributed by atoms with Crippen LogP contribution < -0.4 is 10.2 Å². The van der Waals surface area contributed by atoms with E-state index in [0.29, 0.717) is 17.4 Å². The van der Waals surface area contributed by atoms with Crippen LogP contribution in [0.15, 0.2) is 42.9 Å². The van der Waals surface area contributed by atoms with E-state index >= 15 is 0 Å². The van der Waals surface area contributed by atoms with Gasteiger partial charge in [0.2, 0.25) is 0 Å². The summed E-state index contributed by atoms with van der Waals surface area (Å²) >= 11 is 6.07. The van der Waals surface area contributed by atoms with Crippen molar-refractivity contribution in [3.8, 4) is 0 Å². The number of halogens is 1. The molecule has 0 aliphatic heterocycles. The van der Waals surface area contributed by atoms with Crippen LogP contribution >= 0.6 is 11.6 Å². The van der Waals surface area contributed by atoms with Gasteiger partial charge in [-0.05, 0) is 31.3 Å². The van der Waals surface area contributed by atoms with Crippen molar-refractivity contribution in [2.75, 3.05) is 25.5 Å². The molecule has 3 aromatic rings. The normalized spacial score (nSPS) is 12.3. The standard InChI is InChI=1S/C16H17ClN6/c1-18-10-15(16-20-7-8-21-22-16)23(2)14-5-6-19-13-9-11(17)3-4-12(13)14/h3-9,15,18H,10H2,1-2H3. The summed E-state index contributed by atoms with van der Waals surface area (Å²) in [6.45, 7) is 0.694. The molecule has 0 fully saturated rings. The molecule has 23 heavy (non-hydrogen) atoms. The van der Waals surface area contributed by atoms with Crippen LogP contribution in [0.25, 0.3) is 10.9 Å². The molecule has 0 saturated carbocycles. The monoisotopic (exact) mass is 328 g/mol. The fourth-order valence-corrected chi connectivity index (χ4v) is 2.75. The van der Waals surface area contributed by atoms with E-state index in [1.807, 2.05) is 38.4 Å². The fraction of sp³-hybridized carbons (Fsp3) is 0.250. The number of hydrogen-bond acceptors (Lipinski definition) is 6. The Morgan fingerprint density at radius 2 is 2.04 bits per heavy atom. The number of benzene rings is 1. The van der Waals surface area contributed by atoms with Gasteiger partial charge in [-0.3, -0.25) is 4.98 Å². The van der Waals surface area contributed by atoms with E-state index in [4.69, 9.17) is 11.6 Å². The van der Waals surface area contributed by atoms with Crippen LogP contribution in [-0.2, 0) is 0 Å². The Morgan fingerprint density at radius 1 is 1.17 bits per heavy atom. The highest BCUT2D eigenvalue weighted by atomic mass is 35.5. The molecule has 7 heteroatoms. The molecule has 1 N–H and O–H groups in total. The van der Waals surface area contributed by atoms with Crippen molar-refractivity contribution in [1.29, 1.82) is 0 Å². The van der Waals surface area contributed by atoms with Crippen LogP contribution in [0.4, 0.5) is 5.69 Å². The molecule has 2 aromatic heterocycles. The molecule has 0 aliphatic carbocycles. The zero-order chi connectivity index (χ0) is 16.2. The molecule has 0 saturated heterocycles. The second kappa shape index (κ2) is 6.85. The number of aromatic nitrogens is 4. The quantitative estimate of drug-likeness (QED) is 0.776. The van der Waals surface area contributed by atoms with E-state index in [-0.39, 0.29) is 6.04 Å². The number of fused-ring (bicyclic) bond motifs is 1. The van der Waals surface area contributed by atoms with E-state index < -0.39 is 0 Å². The predicted molar refractivity (Wildman–Crippen MR) is 91.7 cm³/mol.